The van der Waals surface area contributed by atoms with E-state index >= 15 is 0 Å². The normalized spacial score (nSPS) is 19.4. The van der Waals surface area contributed by atoms with E-state index in [9.17, 15) is 0 Å². The van der Waals surface area contributed by atoms with Gasteiger partial charge in [-0.15, -0.1) is 0 Å². The first-order valence-corrected chi connectivity index (χ1v) is 6.73. The molecule has 1 aromatic heterocycles. The monoisotopic (exact) mass is 257 g/mol. The molecule has 17 heavy (non-hydrogen) atoms. The molecule has 3 nitrogen and oxygen atoms in total. The van der Waals surface area contributed by atoms with E-state index in [4.69, 9.17) is 20.8 Å². The van der Waals surface area contributed by atoms with E-state index in [1.165, 1.54) is 0 Å². The van der Waals surface area contributed by atoms with Crippen LogP contribution in [-0.4, -0.2) is 19.8 Å². The van der Waals surface area contributed by atoms with E-state index in [0.717, 1.165) is 50.7 Å². The fourth-order valence-electron chi connectivity index (χ4n) is 2.38. The predicted octanol–water partition coefficient (Wildman–Crippen LogP) is 3.40. The molecule has 0 bridgehead atoms. The van der Waals surface area contributed by atoms with Crippen molar-refractivity contribution in [1.82, 2.24) is 5.32 Å². The van der Waals surface area contributed by atoms with Gasteiger partial charge in [-0.1, -0.05) is 6.92 Å². The summed E-state index contributed by atoms with van der Waals surface area (Å²) in [5.74, 6) is 1.67. The largest absolute Gasteiger partial charge is 0.448 e. The van der Waals surface area contributed by atoms with Gasteiger partial charge in [0.2, 0.25) is 0 Å². The molecule has 1 atom stereocenters. The van der Waals surface area contributed by atoms with Crippen molar-refractivity contribution in [2.24, 2.45) is 5.92 Å². The van der Waals surface area contributed by atoms with Gasteiger partial charge in [-0.05, 0) is 55.5 Å². The zero-order valence-electron chi connectivity index (χ0n) is 10.2. The molecule has 1 unspecified atom stereocenters. The van der Waals surface area contributed by atoms with Gasteiger partial charge in [0, 0.05) is 13.2 Å². The maximum Gasteiger partial charge on any atom is 0.193 e. The molecule has 0 radical (unpaired) electrons. The Morgan fingerprint density at radius 2 is 2.18 bits per heavy atom. The highest BCUT2D eigenvalue weighted by Gasteiger charge is 2.22. The van der Waals surface area contributed by atoms with Crippen molar-refractivity contribution in [3.05, 3.63) is 23.1 Å². The highest BCUT2D eigenvalue weighted by molar-refractivity contribution is 6.28. The van der Waals surface area contributed by atoms with Crippen LogP contribution in [0.3, 0.4) is 0 Å². The van der Waals surface area contributed by atoms with Crippen LogP contribution in [0.25, 0.3) is 0 Å². The van der Waals surface area contributed by atoms with Crippen LogP contribution in [0.5, 0.6) is 0 Å². The maximum absolute atomic E-state index is 5.83. The van der Waals surface area contributed by atoms with Crippen LogP contribution in [0.15, 0.2) is 16.5 Å². The zero-order valence-corrected chi connectivity index (χ0v) is 11.0. The number of furan rings is 1. The molecule has 2 heterocycles. The topological polar surface area (TPSA) is 34.4 Å². The van der Waals surface area contributed by atoms with Gasteiger partial charge in [-0.25, -0.2) is 0 Å². The minimum atomic E-state index is 0.274. The smallest absolute Gasteiger partial charge is 0.193 e. The van der Waals surface area contributed by atoms with E-state index in [-0.39, 0.29) is 6.04 Å². The van der Waals surface area contributed by atoms with Crippen molar-refractivity contribution < 1.29 is 9.15 Å². The SMILES string of the molecule is CCNC(CC1CCOCC1)c1ccc(Cl)o1. The number of hydrogen-bond acceptors (Lipinski definition) is 3. The lowest BCUT2D eigenvalue weighted by molar-refractivity contribution is 0.0597. The van der Waals surface area contributed by atoms with Gasteiger partial charge in [0.05, 0.1) is 6.04 Å². The third-order valence-electron chi connectivity index (χ3n) is 3.30. The van der Waals surface area contributed by atoms with E-state index in [1.54, 1.807) is 0 Å². The molecule has 1 saturated heterocycles. The van der Waals surface area contributed by atoms with E-state index in [1.807, 2.05) is 12.1 Å². The summed E-state index contributed by atoms with van der Waals surface area (Å²) in [4.78, 5) is 0. The number of nitrogens with one attached hydrogen (secondary N) is 1. The summed E-state index contributed by atoms with van der Waals surface area (Å²) in [5.41, 5.74) is 0. The van der Waals surface area contributed by atoms with Crippen LogP contribution in [0.2, 0.25) is 5.22 Å². The third kappa shape index (κ3) is 3.73. The molecule has 0 aromatic carbocycles. The quantitative estimate of drug-likeness (QED) is 0.878. The molecule has 1 aromatic rings. The maximum atomic E-state index is 5.83. The molecule has 1 aliphatic rings. The number of halogens is 1. The third-order valence-corrected chi connectivity index (χ3v) is 3.50. The highest BCUT2D eigenvalue weighted by atomic mass is 35.5. The summed E-state index contributed by atoms with van der Waals surface area (Å²) in [6.45, 7) is 4.83. The molecule has 0 aliphatic carbocycles. The molecule has 4 heteroatoms. The molecule has 1 N–H and O–H groups in total. The fourth-order valence-corrected chi connectivity index (χ4v) is 2.53. The molecular weight excluding hydrogens is 238 g/mol. The molecule has 1 fully saturated rings. The summed E-state index contributed by atoms with van der Waals surface area (Å²) in [6.07, 6.45) is 3.40. The first kappa shape index (κ1) is 12.9. The number of rotatable bonds is 5. The molecule has 0 saturated carbocycles. The van der Waals surface area contributed by atoms with Crippen LogP contribution in [0.1, 0.15) is 38.0 Å². The molecule has 2 rings (SSSR count). The van der Waals surface area contributed by atoms with E-state index in [0.29, 0.717) is 5.22 Å². The van der Waals surface area contributed by atoms with Gasteiger partial charge in [0.25, 0.3) is 0 Å². The van der Waals surface area contributed by atoms with Gasteiger partial charge >= 0.3 is 0 Å². The second-order valence-electron chi connectivity index (χ2n) is 4.54. The Hall–Kier alpha value is -0.510. The Morgan fingerprint density at radius 1 is 1.41 bits per heavy atom. The first-order valence-electron chi connectivity index (χ1n) is 6.36. The summed E-state index contributed by atoms with van der Waals surface area (Å²) < 4.78 is 10.9. The second-order valence-corrected chi connectivity index (χ2v) is 4.92. The van der Waals surface area contributed by atoms with Gasteiger partial charge in [0.15, 0.2) is 5.22 Å². The molecule has 1 aliphatic heterocycles. The van der Waals surface area contributed by atoms with Crippen LogP contribution in [0, 0.1) is 5.92 Å². The van der Waals surface area contributed by atoms with Gasteiger partial charge in [0.1, 0.15) is 5.76 Å². The van der Waals surface area contributed by atoms with Gasteiger partial charge in [-0.2, -0.15) is 0 Å². The minimum absolute atomic E-state index is 0.274. The van der Waals surface area contributed by atoms with Crippen LogP contribution in [0.4, 0.5) is 0 Å². The standard InChI is InChI=1S/C13H20ClNO2/c1-2-15-11(12-3-4-13(14)17-12)9-10-5-7-16-8-6-10/h3-4,10-11,15H,2,5-9H2,1H3. The lowest BCUT2D eigenvalue weighted by Gasteiger charge is -2.26. The van der Waals surface area contributed by atoms with E-state index < -0.39 is 0 Å². The molecule has 96 valence electrons. The van der Waals surface area contributed by atoms with Crippen LogP contribution < -0.4 is 5.32 Å². The average Bonchev–Trinajstić information content (AvgIpc) is 2.77. The Labute approximate surface area is 107 Å². The lowest BCUT2D eigenvalue weighted by atomic mass is 9.91. The lowest BCUT2D eigenvalue weighted by Crippen LogP contribution is -2.26. The molecule has 0 amide bonds. The second kappa shape index (κ2) is 6.43. The first-order chi connectivity index (χ1) is 8.29. The number of ether oxygens (including phenoxy) is 1. The van der Waals surface area contributed by atoms with Gasteiger partial charge in [-0.3, -0.25) is 0 Å². The van der Waals surface area contributed by atoms with Crippen molar-refractivity contribution in [3.63, 3.8) is 0 Å². The predicted molar refractivity (Wildman–Crippen MR) is 68.3 cm³/mol. The van der Waals surface area contributed by atoms with Crippen LogP contribution in [-0.2, 0) is 4.74 Å². The van der Waals surface area contributed by atoms with Crippen molar-refractivity contribution in [2.75, 3.05) is 19.8 Å². The Balaban J connectivity index is 1.96. The highest BCUT2D eigenvalue weighted by Crippen LogP contribution is 2.29. The molecule has 0 spiro atoms. The summed E-state index contributed by atoms with van der Waals surface area (Å²) in [6, 6.07) is 4.05. The fraction of sp³-hybridized carbons (Fsp3) is 0.692. The van der Waals surface area contributed by atoms with Crippen molar-refractivity contribution >= 4 is 11.6 Å². The van der Waals surface area contributed by atoms with E-state index in [2.05, 4.69) is 12.2 Å². The zero-order chi connectivity index (χ0) is 12.1. The van der Waals surface area contributed by atoms with Gasteiger partial charge < -0.3 is 14.5 Å². The number of hydrogen-bond donors (Lipinski definition) is 1. The van der Waals surface area contributed by atoms with Crippen molar-refractivity contribution in [3.8, 4) is 0 Å². The minimum Gasteiger partial charge on any atom is -0.448 e. The summed E-state index contributed by atoms with van der Waals surface area (Å²) in [5, 5.41) is 3.93. The van der Waals surface area contributed by atoms with Crippen molar-refractivity contribution in [1.29, 1.82) is 0 Å². The average molecular weight is 258 g/mol. The Kier molecular flexibility index (Phi) is 4.89. The molecular formula is C13H20ClNO2. The van der Waals surface area contributed by atoms with Crippen molar-refractivity contribution in [2.45, 2.75) is 32.2 Å². The van der Waals surface area contributed by atoms with Crippen LogP contribution >= 0.6 is 11.6 Å². The Bertz CT molecular complexity index is 334. The summed E-state index contributed by atoms with van der Waals surface area (Å²) >= 11 is 5.83. The Morgan fingerprint density at radius 3 is 2.76 bits per heavy atom. The summed E-state index contributed by atoms with van der Waals surface area (Å²) in [7, 11) is 0.